The number of likely N-dealkylation sites (N-methyl/N-ethyl adjacent to an activating group) is 2. The van der Waals surface area contributed by atoms with Crippen molar-refractivity contribution in [2.75, 3.05) is 25.0 Å². The summed E-state index contributed by atoms with van der Waals surface area (Å²) in [6.07, 6.45) is 1.77. The van der Waals surface area contributed by atoms with Crippen molar-refractivity contribution in [3.63, 3.8) is 0 Å². The van der Waals surface area contributed by atoms with Crippen LogP contribution in [0.4, 0.5) is 5.82 Å². The van der Waals surface area contributed by atoms with Crippen LogP contribution in [0.2, 0.25) is 0 Å². The fourth-order valence-electron chi connectivity index (χ4n) is 1.80. The summed E-state index contributed by atoms with van der Waals surface area (Å²) in [7, 11) is 1.65. The smallest absolute Gasteiger partial charge is 0.239 e. The van der Waals surface area contributed by atoms with E-state index in [0.29, 0.717) is 6.54 Å². The van der Waals surface area contributed by atoms with Gasteiger partial charge in [-0.05, 0) is 33.8 Å². The number of nitrogens with one attached hydrogen (secondary N) is 2. The monoisotopic (exact) mass is 278 g/mol. The molecule has 0 bridgehead atoms. The third kappa shape index (κ3) is 5.17. The van der Waals surface area contributed by atoms with Gasteiger partial charge in [0.2, 0.25) is 5.91 Å². The molecule has 1 rings (SSSR count). The fourth-order valence-corrected chi connectivity index (χ4v) is 1.80. The first-order chi connectivity index (χ1) is 9.37. The summed E-state index contributed by atoms with van der Waals surface area (Å²) in [6, 6.07) is 3.98. The number of amides is 1. The Kier molecular flexibility index (Phi) is 5.95. The maximum atomic E-state index is 11.6. The van der Waals surface area contributed by atoms with Gasteiger partial charge >= 0.3 is 0 Å². The maximum Gasteiger partial charge on any atom is 0.239 e. The second-order valence-electron chi connectivity index (χ2n) is 5.78. The van der Waals surface area contributed by atoms with Crippen molar-refractivity contribution in [1.29, 1.82) is 0 Å². The number of rotatable bonds is 6. The van der Waals surface area contributed by atoms with Gasteiger partial charge in [0.25, 0.3) is 0 Å². The number of carbonyl (C=O) groups is 1. The average Bonchev–Trinajstić information content (AvgIpc) is 2.42. The lowest BCUT2D eigenvalue weighted by atomic mass is 10.1. The Hall–Kier alpha value is -1.62. The first-order valence-electron chi connectivity index (χ1n) is 7.02. The van der Waals surface area contributed by atoms with Gasteiger partial charge in [-0.3, -0.25) is 4.79 Å². The number of carbonyl (C=O) groups excluding carboxylic acids is 1. The second-order valence-corrected chi connectivity index (χ2v) is 5.78. The van der Waals surface area contributed by atoms with Crippen molar-refractivity contribution < 1.29 is 4.79 Å². The maximum absolute atomic E-state index is 11.6. The van der Waals surface area contributed by atoms with E-state index in [1.807, 2.05) is 24.0 Å². The number of anilines is 1. The Morgan fingerprint density at radius 3 is 2.65 bits per heavy atom. The molecule has 20 heavy (non-hydrogen) atoms. The molecule has 1 aromatic rings. The van der Waals surface area contributed by atoms with Gasteiger partial charge in [-0.1, -0.05) is 6.07 Å². The van der Waals surface area contributed by atoms with Crippen molar-refractivity contribution in [2.24, 2.45) is 0 Å². The molecular weight excluding hydrogens is 252 g/mol. The average molecular weight is 278 g/mol. The van der Waals surface area contributed by atoms with Crippen LogP contribution in [-0.4, -0.2) is 36.6 Å². The number of nitrogens with zero attached hydrogens (tertiary/aromatic N) is 2. The van der Waals surface area contributed by atoms with Gasteiger partial charge in [0.1, 0.15) is 5.82 Å². The van der Waals surface area contributed by atoms with Crippen molar-refractivity contribution in [1.82, 2.24) is 15.6 Å². The Balaban J connectivity index is 2.89. The normalized spacial score (nSPS) is 11.2. The SMILES string of the molecule is CCN(CC(=O)NC)c1ncccc1CNC(C)(C)C. The quantitative estimate of drug-likeness (QED) is 0.829. The fraction of sp³-hybridized carbons (Fsp3) is 0.600. The van der Waals surface area contributed by atoms with E-state index in [-0.39, 0.29) is 11.4 Å². The molecule has 1 aromatic heterocycles. The minimum Gasteiger partial charge on any atom is -0.358 e. The van der Waals surface area contributed by atoms with Crippen molar-refractivity contribution in [3.8, 4) is 0 Å². The lowest BCUT2D eigenvalue weighted by Gasteiger charge is -2.26. The highest BCUT2D eigenvalue weighted by Gasteiger charge is 2.15. The molecule has 0 aliphatic rings. The van der Waals surface area contributed by atoms with Gasteiger partial charge in [0.05, 0.1) is 6.54 Å². The molecule has 0 fully saturated rings. The minimum atomic E-state index is -0.00719. The van der Waals surface area contributed by atoms with E-state index in [0.717, 1.165) is 24.5 Å². The second kappa shape index (κ2) is 7.24. The van der Waals surface area contributed by atoms with Gasteiger partial charge in [0.15, 0.2) is 0 Å². The van der Waals surface area contributed by atoms with Gasteiger partial charge in [-0.15, -0.1) is 0 Å². The molecule has 0 radical (unpaired) electrons. The molecule has 2 N–H and O–H groups in total. The van der Waals surface area contributed by atoms with Crippen molar-refractivity contribution in [3.05, 3.63) is 23.9 Å². The van der Waals surface area contributed by atoms with Crippen LogP contribution in [0.25, 0.3) is 0 Å². The van der Waals surface area contributed by atoms with Crippen LogP contribution in [0.3, 0.4) is 0 Å². The third-order valence-electron chi connectivity index (χ3n) is 2.97. The molecule has 0 atom stereocenters. The number of hydrogen-bond acceptors (Lipinski definition) is 4. The van der Waals surface area contributed by atoms with Gasteiger partial charge in [0, 0.05) is 37.4 Å². The molecule has 0 unspecified atom stereocenters. The van der Waals surface area contributed by atoms with Crippen molar-refractivity contribution in [2.45, 2.75) is 39.8 Å². The van der Waals surface area contributed by atoms with E-state index >= 15 is 0 Å². The summed E-state index contributed by atoms with van der Waals surface area (Å²) >= 11 is 0. The zero-order valence-corrected chi connectivity index (χ0v) is 13.2. The lowest BCUT2D eigenvalue weighted by molar-refractivity contribution is -0.119. The molecule has 0 aromatic carbocycles. The van der Waals surface area contributed by atoms with Gasteiger partial charge < -0.3 is 15.5 Å². The summed E-state index contributed by atoms with van der Waals surface area (Å²) in [4.78, 5) is 18.0. The van der Waals surface area contributed by atoms with Crippen LogP contribution >= 0.6 is 0 Å². The predicted octanol–water partition coefficient (Wildman–Crippen LogP) is 1.54. The summed E-state index contributed by atoms with van der Waals surface area (Å²) in [5.41, 5.74) is 1.15. The molecular formula is C15H26N4O. The van der Waals surface area contributed by atoms with Crippen LogP contribution in [-0.2, 0) is 11.3 Å². The molecule has 1 heterocycles. The largest absolute Gasteiger partial charge is 0.358 e. The number of aromatic nitrogens is 1. The zero-order chi connectivity index (χ0) is 15.2. The zero-order valence-electron chi connectivity index (χ0n) is 13.2. The topological polar surface area (TPSA) is 57.3 Å². The molecule has 0 aliphatic carbocycles. The van der Waals surface area contributed by atoms with E-state index in [2.05, 4.69) is 36.4 Å². The number of pyridine rings is 1. The molecule has 5 heteroatoms. The molecule has 0 saturated heterocycles. The lowest BCUT2D eigenvalue weighted by Crippen LogP contribution is -2.38. The number of hydrogen-bond donors (Lipinski definition) is 2. The van der Waals surface area contributed by atoms with Crippen LogP contribution in [0.1, 0.15) is 33.3 Å². The van der Waals surface area contributed by atoms with Crippen LogP contribution in [0, 0.1) is 0 Å². The molecule has 1 amide bonds. The third-order valence-corrected chi connectivity index (χ3v) is 2.97. The summed E-state index contributed by atoms with van der Waals surface area (Å²) in [5, 5.41) is 6.11. The highest BCUT2D eigenvalue weighted by Crippen LogP contribution is 2.17. The van der Waals surface area contributed by atoms with Crippen LogP contribution in [0.5, 0.6) is 0 Å². The Labute approximate surface area is 121 Å². The first-order valence-corrected chi connectivity index (χ1v) is 7.02. The van der Waals surface area contributed by atoms with E-state index in [4.69, 9.17) is 0 Å². The highest BCUT2D eigenvalue weighted by molar-refractivity contribution is 5.80. The van der Waals surface area contributed by atoms with E-state index in [1.54, 1.807) is 13.2 Å². The molecule has 5 nitrogen and oxygen atoms in total. The molecule has 0 aliphatic heterocycles. The molecule has 112 valence electrons. The van der Waals surface area contributed by atoms with Crippen LogP contribution < -0.4 is 15.5 Å². The molecule has 0 spiro atoms. The highest BCUT2D eigenvalue weighted by atomic mass is 16.1. The Morgan fingerprint density at radius 2 is 2.10 bits per heavy atom. The predicted molar refractivity (Wildman–Crippen MR) is 82.8 cm³/mol. The summed E-state index contributed by atoms with van der Waals surface area (Å²) < 4.78 is 0. The van der Waals surface area contributed by atoms with Crippen molar-refractivity contribution >= 4 is 11.7 Å². The standard InChI is InChI=1S/C15H26N4O/c1-6-19(11-13(20)16-5)14-12(8-7-9-17-14)10-18-15(2,3)4/h7-9,18H,6,10-11H2,1-5H3,(H,16,20). The van der Waals surface area contributed by atoms with E-state index in [9.17, 15) is 4.79 Å². The van der Waals surface area contributed by atoms with Gasteiger partial charge in [-0.2, -0.15) is 0 Å². The summed E-state index contributed by atoms with van der Waals surface area (Å²) in [5.74, 6) is 0.864. The van der Waals surface area contributed by atoms with E-state index in [1.165, 1.54) is 0 Å². The summed E-state index contributed by atoms with van der Waals surface area (Å²) in [6.45, 7) is 10.2. The first kappa shape index (κ1) is 16.4. The molecule has 0 saturated carbocycles. The van der Waals surface area contributed by atoms with Gasteiger partial charge in [-0.25, -0.2) is 4.98 Å². The van der Waals surface area contributed by atoms with E-state index < -0.39 is 0 Å². The van der Waals surface area contributed by atoms with Crippen LogP contribution in [0.15, 0.2) is 18.3 Å². The Bertz CT molecular complexity index is 440. The minimum absolute atomic E-state index is 0.00719. The Morgan fingerprint density at radius 1 is 1.40 bits per heavy atom.